The molecule has 0 radical (unpaired) electrons. The molecule has 0 amide bonds. The van der Waals surface area contributed by atoms with Crippen molar-refractivity contribution in [1.82, 2.24) is 29.1 Å². The van der Waals surface area contributed by atoms with Crippen LogP contribution >= 0.6 is 11.6 Å². The van der Waals surface area contributed by atoms with E-state index in [1.165, 1.54) is 37.6 Å². The number of fused-ring (bicyclic) bond motifs is 2. The first kappa shape index (κ1) is 19.2. The van der Waals surface area contributed by atoms with Gasteiger partial charge >= 0.3 is 0 Å². The van der Waals surface area contributed by atoms with E-state index in [9.17, 15) is 0 Å². The van der Waals surface area contributed by atoms with Gasteiger partial charge in [0.15, 0.2) is 5.65 Å². The fourth-order valence-electron chi connectivity index (χ4n) is 5.11. The maximum Gasteiger partial charge on any atom is 0.207 e. The minimum Gasteiger partial charge on any atom is -0.358 e. The first-order valence-corrected chi connectivity index (χ1v) is 11.6. The van der Waals surface area contributed by atoms with Crippen LogP contribution in [0.25, 0.3) is 33.5 Å². The largest absolute Gasteiger partial charge is 0.358 e. The zero-order valence-corrected chi connectivity index (χ0v) is 18.1. The van der Waals surface area contributed by atoms with Gasteiger partial charge in [-0.15, -0.1) is 0 Å². The van der Waals surface area contributed by atoms with Gasteiger partial charge in [0.05, 0.1) is 17.4 Å². The monoisotopic (exact) mass is 436 g/mol. The lowest BCUT2D eigenvalue weighted by atomic mass is 9.95. The summed E-state index contributed by atoms with van der Waals surface area (Å²) in [7, 11) is 0. The van der Waals surface area contributed by atoms with Gasteiger partial charge in [0.1, 0.15) is 23.8 Å². The van der Waals surface area contributed by atoms with Gasteiger partial charge in [-0.05, 0) is 55.8 Å². The van der Waals surface area contributed by atoms with E-state index in [-0.39, 0.29) is 6.23 Å². The van der Waals surface area contributed by atoms with Gasteiger partial charge in [-0.3, -0.25) is 4.57 Å². The molecule has 1 unspecified atom stereocenters. The van der Waals surface area contributed by atoms with Crippen molar-refractivity contribution >= 4 is 33.8 Å². The van der Waals surface area contributed by atoms with Crippen LogP contribution in [0.15, 0.2) is 30.9 Å². The number of hydrogen-bond acceptors (Lipinski definition) is 5. The minimum atomic E-state index is -0.123. The van der Waals surface area contributed by atoms with Crippen LogP contribution in [-0.4, -0.2) is 35.7 Å². The quantitative estimate of drug-likeness (QED) is 0.385. The maximum absolute atomic E-state index is 6.53. The molecular weight excluding hydrogens is 412 g/mol. The van der Waals surface area contributed by atoms with E-state index in [2.05, 4.69) is 37.7 Å². The number of nitrogens with zero attached hydrogens (tertiary/aromatic N) is 6. The lowest BCUT2D eigenvalue weighted by Gasteiger charge is -2.24. The van der Waals surface area contributed by atoms with Gasteiger partial charge in [-0.25, -0.2) is 19.9 Å². The van der Waals surface area contributed by atoms with Crippen LogP contribution in [-0.2, 0) is 4.74 Å². The first-order chi connectivity index (χ1) is 15.3. The molecule has 2 aliphatic rings. The molecule has 8 heteroatoms. The van der Waals surface area contributed by atoms with Crippen LogP contribution in [0.5, 0.6) is 0 Å². The summed E-state index contributed by atoms with van der Waals surface area (Å²) in [5.41, 5.74) is 5.33. The molecule has 31 heavy (non-hydrogen) atoms. The number of ether oxygens (including phenoxy) is 1. The predicted molar refractivity (Wildman–Crippen MR) is 120 cm³/mol. The van der Waals surface area contributed by atoms with E-state index in [0.717, 1.165) is 48.3 Å². The summed E-state index contributed by atoms with van der Waals surface area (Å²) in [5.74, 6) is 0. The first-order valence-electron chi connectivity index (χ1n) is 11.3. The fourth-order valence-corrected chi connectivity index (χ4v) is 5.38. The van der Waals surface area contributed by atoms with Crippen molar-refractivity contribution in [2.75, 3.05) is 6.61 Å². The van der Waals surface area contributed by atoms with Gasteiger partial charge < -0.3 is 9.30 Å². The van der Waals surface area contributed by atoms with Crippen molar-refractivity contribution in [3.8, 4) is 11.3 Å². The highest BCUT2D eigenvalue weighted by Crippen LogP contribution is 2.35. The molecule has 160 valence electrons. The highest BCUT2D eigenvalue weighted by Gasteiger charge is 2.24. The molecule has 1 atom stereocenters. The second-order valence-electron chi connectivity index (χ2n) is 8.61. The molecule has 0 N–H and O–H groups in total. The van der Waals surface area contributed by atoms with E-state index < -0.39 is 0 Å². The van der Waals surface area contributed by atoms with E-state index in [4.69, 9.17) is 21.3 Å². The molecule has 4 heterocycles. The lowest BCUT2D eigenvalue weighted by molar-refractivity contribution is -0.0296. The highest BCUT2D eigenvalue weighted by atomic mass is 35.5. The van der Waals surface area contributed by atoms with Crippen LogP contribution in [0.4, 0.5) is 0 Å². The van der Waals surface area contributed by atoms with Crippen molar-refractivity contribution in [1.29, 1.82) is 0 Å². The van der Waals surface area contributed by atoms with Gasteiger partial charge in [0, 0.05) is 18.2 Å². The Labute approximate surface area is 185 Å². The van der Waals surface area contributed by atoms with Crippen LogP contribution in [0, 0.1) is 0 Å². The summed E-state index contributed by atoms with van der Waals surface area (Å²) in [5, 5.41) is 0.395. The van der Waals surface area contributed by atoms with Crippen molar-refractivity contribution in [3.05, 3.63) is 36.1 Å². The number of rotatable bonds is 3. The molecule has 7 nitrogen and oxygen atoms in total. The summed E-state index contributed by atoms with van der Waals surface area (Å²) in [6, 6.07) is 6.92. The molecule has 3 aromatic heterocycles. The van der Waals surface area contributed by atoms with E-state index in [1.807, 2.05) is 10.9 Å². The second kappa shape index (κ2) is 7.88. The van der Waals surface area contributed by atoms with Gasteiger partial charge in [-0.2, -0.15) is 0 Å². The van der Waals surface area contributed by atoms with E-state index >= 15 is 0 Å². The minimum absolute atomic E-state index is 0.123. The maximum atomic E-state index is 6.53. The smallest absolute Gasteiger partial charge is 0.207 e. The van der Waals surface area contributed by atoms with Crippen molar-refractivity contribution in [2.24, 2.45) is 0 Å². The number of halogens is 1. The Balaban J connectivity index is 1.42. The van der Waals surface area contributed by atoms with Gasteiger partial charge in [0.2, 0.25) is 5.28 Å². The average Bonchev–Trinajstić information content (AvgIpc) is 3.40. The second-order valence-corrected chi connectivity index (χ2v) is 8.95. The Morgan fingerprint density at radius 2 is 1.84 bits per heavy atom. The fraction of sp³-hybridized carbons (Fsp3) is 0.478. The normalized spacial score (nSPS) is 20.6. The summed E-state index contributed by atoms with van der Waals surface area (Å²) < 4.78 is 10.2. The zero-order valence-electron chi connectivity index (χ0n) is 17.4. The molecule has 1 aliphatic carbocycles. The number of aromatic nitrogens is 6. The third-order valence-electron chi connectivity index (χ3n) is 6.69. The van der Waals surface area contributed by atoms with Gasteiger partial charge in [0.25, 0.3) is 0 Å². The molecule has 0 bridgehead atoms. The molecule has 1 aliphatic heterocycles. The van der Waals surface area contributed by atoms with Crippen molar-refractivity contribution < 1.29 is 4.74 Å². The molecule has 1 saturated carbocycles. The lowest BCUT2D eigenvalue weighted by Crippen LogP contribution is -2.18. The number of imidazole rings is 2. The summed E-state index contributed by atoms with van der Waals surface area (Å²) in [4.78, 5) is 18.4. The topological polar surface area (TPSA) is 70.7 Å². The third-order valence-corrected chi connectivity index (χ3v) is 6.96. The zero-order chi connectivity index (χ0) is 20.8. The number of hydrogen-bond donors (Lipinski definition) is 0. The Kier molecular flexibility index (Phi) is 4.88. The Morgan fingerprint density at radius 3 is 2.68 bits per heavy atom. The molecule has 2 fully saturated rings. The standard InChI is InChI=1S/C23H25ClN6O/c24-23-28-21-20(25-13-26-22(21)30(23)19-8-4-5-11-31-19)15-9-10-18-17(12-15)27-14-29(18)16-6-2-1-3-7-16/h9-10,12-14,16,19H,1-8,11H2. The molecular formula is C23H25ClN6O. The van der Waals surface area contributed by atoms with E-state index in [0.29, 0.717) is 16.8 Å². The molecule has 4 aromatic rings. The highest BCUT2D eigenvalue weighted by molar-refractivity contribution is 6.29. The molecule has 1 saturated heterocycles. The Bertz CT molecular complexity index is 1240. The molecule has 1 aromatic carbocycles. The predicted octanol–water partition coefficient (Wildman–Crippen LogP) is 5.70. The van der Waals surface area contributed by atoms with Gasteiger partial charge in [-0.1, -0.05) is 25.3 Å². The van der Waals surface area contributed by atoms with E-state index in [1.54, 1.807) is 6.33 Å². The summed E-state index contributed by atoms with van der Waals surface area (Å²) in [6.45, 7) is 0.735. The van der Waals surface area contributed by atoms with Crippen LogP contribution in [0.2, 0.25) is 5.28 Å². The summed E-state index contributed by atoms with van der Waals surface area (Å²) in [6.07, 6.45) is 13.0. The van der Waals surface area contributed by atoms with Crippen LogP contribution in [0.1, 0.15) is 63.6 Å². The molecule has 6 rings (SSSR count). The average molecular weight is 437 g/mol. The third kappa shape index (κ3) is 3.31. The summed E-state index contributed by atoms with van der Waals surface area (Å²) >= 11 is 6.53. The van der Waals surface area contributed by atoms with Crippen molar-refractivity contribution in [2.45, 2.75) is 63.6 Å². The molecule has 0 spiro atoms. The van der Waals surface area contributed by atoms with Crippen molar-refractivity contribution in [3.63, 3.8) is 0 Å². The Morgan fingerprint density at radius 1 is 0.968 bits per heavy atom. The number of benzene rings is 1. The Hall–Kier alpha value is -2.51. The van der Waals surface area contributed by atoms with Crippen LogP contribution in [0.3, 0.4) is 0 Å². The van der Waals surface area contributed by atoms with Crippen LogP contribution < -0.4 is 0 Å². The SMILES string of the molecule is Clc1nc2c(-c3ccc4c(c3)ncn4C3CCCCC3)ncnc2n1C1CCCCO1.